The molecule has 1 aromatic heterocycles. The molecule has 1 aromatic rings. The Morgan fingerprint density at radius 2 is 2.16 bits per heavy atom. The molecule has 0 radical (unpaired) electrons. The van der Waals surface area contributed by atoms with Crippen LogP contribution in [0.15, 0.2) is 22.8 Å². The number of nitrogens with zero attached hydrogens (tertiary/aromatic N) is 2. The van der Waals surface area contributed by atoms with Gasteiger partial charge in [0.05, 0.1) is 12.4 Å². The molecule has 1 aliphatic rings. The molecule has 0 aromatic carbocycles. The minimum Gasteiger partial charge on any atom is -0.469 e. The van der Waals surface area contributed by atoms with Crippen LogP contribution in [0, 0.1) is 0 Å². The molecule has 0 saturated carbocycles. The summed E-state index contributed by atoms with van der Waals surface area (Å²) in [6.07, 6.45) is 2.50. The maximum atomic E-state index is 12.0. The molecule has 0 aliphatic carbocycles. The molecule has 1 atom stereocenters. The molecule has 1 aliphatic heterocycles. The Labute approximate surface area is 113 Å². The highest BCUT2D eigenvalue weighted by atomic mass is 16.3. The van der Waals surface area contributed by atoms with Crippen molar-refractivity contribution in [3.63, 3.8) is 0 Å². The van der Waals surface area contributed by atoms with E-state index in [0.717, 1.165) is 31.9 Å². The first kappa shape index (κ1) is 14.1. The number of aryl methyl sites for hydroxylation is 1. The number of piperazine rings is 1. The standard InChI is InChI=1S/C14H22N2O3/c1-12(17)11-15-6-8-16(9-7-15)14(18)5-4-13-3-2-10-19-13/h2-3,10,12,17H,4-9,11H2,1H3. The number of carbonyl (C=O) groups excluding carboxylic acids is 1. The van der Waals surface area contributed by atoms with E-state index in [-0.39, 0.29) is 12.0 Å². The highest BCUT2D eigenvalue weighted by Gasteiger charge is 2.21. The van der Waals surface area contributed by atoms with E-state index in [4.69, 9.17) is 4.42 Å². The van der Waals surface area contributed by atoms with Crippen molar-refractivity contribution in [3.05, 3.63) is 24.2 Å². The monoisotopic (exact) mass is 266 g/mol. The zero-order chi connectivity index (χ0) is 13.7. The first-order valence-corrected chi connectivity index (χ1v) is 6.85. The summed E-state index contributed by atoms with van der Waals surface area (Å²) in [5, 5.41) is 9.34. The van der Waals surface area contributed by atoms with E-state index in [1.807, 2.05) is 17.0 Å². The van der Waals surface area contributed by atoms with Crippen molar-refractivity contribution in [2.75, 3.05) is 32.7 Å². The number of rotatable bonds is 5. The lowest BCUT2D eigenvalue weighted by molar-refractivity contribution is -0.133. The van der Waals surface area contributed by atoms with Gasteiger partial charge in [0, 0.05) is 45.6 Å². The van der Waals surface area contributed by atoms with E-state index < -0.39 is 0 Å². The number of β-amino-alcohol motifs (C(OH)–C–C–N with tert-alkyl or cyclic N) is 1. The number of hydrogen-bond donors (Lipinski definition) is 1. The highest BCUT2D eigenvalue weighted by molar-refractivity contribution is 5.76. The van der Waals surface area contributed by atoms with Crippen molar-refractivity contribution in [3.8, 4) is 0 Å². The molecule has 2 rings (SSSR count). The molecule has 1 amide bonds. The van der Waals surface area contributed by atoms with Crippen LogP contribution in [0.5, 0.6) is 0 Å². The van der Waals surface area contributed by atoms with Crippen molar-refractivity contribution >= 4 is 5.91 Å². The summed E-state index contributed by atoms with van der Waals surface area (Å²) in [6.45, 7) is 5.68. The Morgan fingerprint density at radius 1 is 1.42 bits per heavy atom. The third-order valence-electron chi connectivity index (χ3n) is 3.41. The van der Waals surface area contributed by atoms with E-state index in [0.29, 0.717) is 19.4 Å². The number of aliphatic hydroxyl groups excluding tert-OH is 1. The Hall–Kier alpha value is -1.33. The van der Waals surface area contributed by atoms with E-state index in [1.54, 1.807) is 13.2 Å². The molecule has 2 heterocycles. The first-order chi connectivity index (χ1) is 9.15. The van der Waals surface area contributed by atoms with Crippen LogP contribution in [0.3, 0.4) is 0 Å². The van der Waals surface area contributed by atoms with Gasteiger partial charge in [-0.3, -0.25) is 9.69 Å². The van der Waals surface area contributed by atoms with Crippen molar-refractivity contribution in [2.24, 2.45) is 0 Å². The summed E-state index contributed by atoms with van der Waals surface area (Å²) in [6, 6.07) is 3.74. The zero-order valence-electron chi connectivity index (χ0n) is 11.4. The molecule has 0 bridgehead atoms. The molecule has 1 N–H and O–H groups in total. The van der Waals surface area contributed by atoms with Crippen LogP contribution in [0.2, 0.25) is 0 Å². The summed E-state index contributed by atoms with van der Waals surface area (Å²) >= 11 is 0. The third-order valence-corrected chi connectivity index (χ3v) is 3.41. The SMILES string of the molecule is CC(O)CN1CCN(C(=O)CCc2ccco2)CC1. The van der Waals surface area contributed by atoms with Gasteiger partial charge in [0.1, 0.15) is 5.76 Å². The van der Waals surface area contributed by atoms with Gasteiger partial charge in [-0.1, -0.05) is 0 Å². The highest BCUT2D eigenvalue weighted by Crippen LogP contribution is 2.08. The van der Waals surface area contributed by atoms with Crippen LogP contribution in [0.25, 0.3) is 0 Å². The summed E-state index contributed by atoms with van der Waals surface area (Å²) in [5.41, 5.74) is 0. The lowest BCUT2D eigenvalue weighted by Gasteiger charge is -2.35. The largest absolute Gasteiger partial charge is 0.469 e. The van der Waals surface area contributed by atoms with Crippen LogP contribution in [0.4, 0.5) is 0 Å². The minimum atomic E-state index is -0.304. The van der Waals surface area contributed by atoms with E-state index in [1.165, 1.54) is 0 Å². The molecular weight excluding hydrogens is 244 g/mol. The smallest absolute Gasteiger partial charge is 0.223 e. The van der Waals surface area contributed by atoms with Crippen LogP contribution in [-0.4, -0.2) is 59.6 Å². The summed E-state index contributed by atoms with van der Waals surface area (Å²) in [7, 11) is 0. The van der Waals surface area contributed by atoms with Gasteiger partial charge < -0.3 is 14.4 Å². The fourth-order valence-electron chi connectivity index (χ4n) is 2.40. The minimum absolute atomic E-state index is 0.188. The third kappa shape index (κ3) is 4.36. The van der Waals surface area contributed by atoms with Gasteiger partial charge in [0.2, 0.25) is 5.91 Å². The van der Waals surface area contributed by atoms with Gasteiger partial charge in [0.25, 0.3) is 0 Å². The quantitative estimate of drug-likeness (QED) is 0.854. The van der Waals surface area contributed by atoms with E-state index in [9.17, 15) is 9.90 Å². The number of furan rings is 1. The second-order valence-corrected chi connectivity index (χ2v) is 5.11. The fourth-order valence-corrected chi connectivity index (χ4v) is 2.40. The van der Waals surface area contributed by atoms with Gasteiger partial charge in [-0.25, -0.2) is 0 Å². The van der Waals surface area contributed by atoms with E-state index in [2.05, 4.69) is 4.90 Å². The number of carbonyl (C=O) groups is 1. The van der Waals surface area contributed by atoms with Crippen molar-refractivity contribution < 1.29 is 14.3 Å². The van der Waals surface area contributed by atoms with Crippen molar-refractivity contribution in [2.45, 2.75) is 25.9 Å². The van der Waals surface area contributed by atoms with Gasteiger partial charge in [-0.15, -0.1) is 0 Å². The zero-order valence-corrected chi connectivity index (χ0v) is 11.4. The molecule has 1 fully saturated rings. The first-order valence-electron chi connectivity index (χ1n) is 6.85. The van der Waals surface area contributed by atoms with Gasteiger partial charge in [0.15, 0.2) is 0 Å². The molecule has 5 nitrogen and oxygen atoms in total. The fraction of sp³-hybridized carbons (Fsp3) is 0.643. The Morgan fingerprint density at radius 3 is 2.74 bits per heavy atom. The summed E-state index contributed by atoms with van der Waals surface area (Å²) in [4.78, 5) is 16.1. The molecule has 1 unspecified atom stereocenters. The van der Waals surface area contributed by atoms with Gasteiger partial charge >= 0.3 is 0 Å². The molecule has 19 heavy (non-hydrogen) atoms. The maximum Gasteiger partial charge on any atom is 0.223 e. The van der Waals surface area contributed by atoms with Crippen LogP contribution in [0.1, 0.15) is 19.1 Å². The molecule has 5 heteroatoms. The molecule has 0 spiro atoms. The Balaban J connectivity index is 1.70. The summed E-state index contributed by atoms with van der Waals surface area (Å²) in [5.74, 6) is 1.05. The number of aliphatic hydroxyl groups is 1. The van der Waals surface area contributed by atoms with Crippen LogP contribution in [-0.2, 0) is 11.2 Å². The van der Waals surface area contributed by atoms with Crippen molar-refractivity contribution in [1.82, 2.24) is 9.80 Å². The maximum absolute atomic E-state index is 12.0. The number of amides is 1. The predicted octanol–water partition coefficient (Wildman–Crippen LogP) is 0.737. The number of hydrogen-bond acceptors (Lipinski definition) is 4. The normalized spacial score (nSPS) is 18.5. The van der Waals surface area contributed by atoms with Gasteiger partial charge in [-0.2, -0.15) is 0 Å². The Kier molecular flexibility index (Phi) is 4.99. The van der Waals surface area contributed by atoms with Crippen molar-refractivity contribution in [1.29, 1.82) is 0 Å². The molecular formula is C14H22N2O3. The molecule has 1 saturated heterocycles. The lowest BCUT2D eigenvalue weighted by atomic mass is 10.2. The lowest BCUT2D eigenvalue weighted by Crippen LogP contribution is -2.50. The topological polar surface area (TPSA) is 56.9 Å². The Bertz CT molecular complexity index is 381. The average molecular weight is 266 g/mol. The predicted molar refractivity (Wildman–Crippen MR) is 71.7 cm³/mol. The summed E-state index contributed by atoms with van der Waals surface area (Å²) < 4.78 is 5.23. The molecule has 106 valence electrons. The van der Waals surface area contributed by atoms with Crippen LogP contribution < -0.4 is 0 Å². The van der Waals surface area contributed by atoms with E-state index >= 15 is 0 Å². The van der Waals surface area contributed by atoms with Crippen LogP contribution >= 0.6 is 0 Å². The average Bonchev–Trinajstić information content (AvgIpc) is 2.89. The second kappa shape index (κ2) is 6.73. The second-order valence-electron chi connectivity index (χ2n) is 5.11. The van der Waals surface area contributed by atoms with Gasteiger partial charge in [-0.05, 0) is 19.1 Å².